The van der Waals surface area contributed by atoms with Gasteiger partial charge >= 0.3 is 0 Å². The van der Waals surface area contributed by atoms with Crippen LogP contribution in [0.5, 0.6) is 0 Å². The van der Waals surface area contributed by atoms with E-state index < -0.39 is 0 Å². The number of likely N-dealkylation sites (tertiary alicyclic amines) is 1. The van der Waals surface area contributed by atoms with Gasteiger partial charge in [-0.05, 0) is 47.3 Å². The second-order valence-corrected chi connectivity index (χ2v) is 7.32. The zero-order chi connectivity index (χ0) is 17.9. The highest BCUT2D eigenvalue weighted by atomic mass is 79.9. The molecule has 1 saturated heterocycles. The number of carbonyl (C=O) groups excluding carboxylic acids is 1. The number of piperidine rings is 1. The normalized spacial score (nSPS) is 17.4. The van der Waals surface area contributed by atoms with E-state index >= 15 is 0 Å². The summed E-state index contributed by atoms with van der Waals surface area (Å²) < 4.78 is 6.60. The van der Waals surface area contributed by atoms with Gasteiger partial charge in [0.1, 0.15) is 5.58 Å². The molecule has 1 atom stereocenters. The number of anilines is 1. The van der Waals surface area contributed by atoms with Crippen molar-refractivity contribution in [2.45, 2.75) is 25.3 Å². The first-order chi connectivity index (χ1) is 12.7. The maximum atomic E-state index is 13.0. The van der Waals surface area contributed by atoms with Crippen LogP contribution < -0.4 is 5.32 Å². The van der Waals surface area contributed by atoms with Crippen molar-refractivity contribution in [2.75, 3.05) is 18.4 Å². The molecule has 7 heteroatoms. The van der Waals surface area contributed by atoms with Crippen LogP contribution in [0.15, 0.2) is 51.6 Å². The molecular formula is C19H19BrN4O2. The molecule has 134 valence electrons. The molecule has 1 amide bonds. The fourth-order valence-electron chi connectivity index (χ4n) is 3.32. The Balaban J connectivity index is 1.49. The topological polar surface area (TPSA) is 71.3 Å². The minimum Gasteiger partial charge on any atom is -0.451 e. The standard InChI is InChI=1S/C19H19BrN4O2/c20-14-10-21-19(22-11-14)23-12-15-6-3-4-8-24(15)18(25)17-9-13-5-1-2-7-16(13)26-17/h1-2,5,7,9-11,15H,3-4,6,8,12H2,(H,21,22,23)/t15-/m0/s1. The van der Waals surface area contributed by atoms with Crippen molar-refractivity contribution in [3.05, 3.63) is 53.0 Å². The number of halogens is 1. The molecule has 3 aromatic rings. The Labute approximate surface area is 159 Å². The Kier molecular flexibility index (Phi) is 4.88. The molecule has 0 spiro atoms. The van der Waals surface area contributed by atoms with Gasteiger partial charge < -0.3 is 14.6 Å². The number of furan rings is 1. The lowest BCUT2D eigenvalue weighted by Crippen LogP contribution is -2.47. The van der Waals surface area contributed by atoms with Crippen molar-refractivity contribution in [3.8, 4) is 0 Å². The molecule has 1 aliphatic rings. The van der Waals surface area contributed by atoms with E-state index in [4.69, 9.17) is 4.42 Å². The molecule has 6 nitrogen and oxygen atoms in total. The number of carbonyl (C=O) groups is 1. The quantitative estimate of drug-likeness (QED) is 0.695. The zero-order valence-electron chi connectivity index (χ0n) is 14.2. The van der Waals surface area contributed by atoms with E-state index in [2.05, 4.69) is 31.2 Å². The first kappa shape index (κ1) is 17.0. The van der Waals surface area contributed by atoms with Crippen LogP contribution in [0, 0.1) is 0 Å². The molecule has 1 fully saturated rings. The van der Waals surface area contributed by atoms with Gasteiger partial charge in [0.05, 0.1) is 4.47 Å². The number of nitrogens with zero attached hydrogens (tertiary/aromatic N) is 3. The van der Waals surface area contributed by atoms with E-state index in [1.165, 1.54) is 0 Å². The van der Waals surface area contributed by atoms with Gasteiger partial charge in [-0.3, -0.25) is 4.79 Å². The van der Waals surface area contributed by atoms with Crippen LogP contribution in [0.3, 0.4) is 0 Å². The first-order valence-electron chi connectivity index (χ1n) is 8.72. The van der Waals surface area contributed by atoms with E-state index in [0.717, 1.165) is 41.2 Å². The third-order valence-corrected chi connectivity index (χ3v) is 5.05. The molecule has 1 aliphatic heterocycles. The van der Waals surface area contributed by atoms with Crippen LogP contribution in [0.25, 0.3) is 11.0 Å². The molecule has 0 bridgehead atoms. The van der Waals surface area contributed by atoms with Crippen LogP contribution in [0.1, 0.15) is 29.8 Å². The summed E-state index contributed by atoms with van der Waals surface area (Å²) in [6, 6.07) is 9.61. The van der Waals surface area contributed by atoms with Gasteiger partial charge in [-0.2, -0.15) is 0 Å². The van der Waals surface area contributed by atoms with E-state index in [1.54, 1.807) is 12.4 Å². The summed E-state index contributed by atoms with van der Waals surface area (Å²) in [5.41, 5.74) is 0.741. The van der Waals surface area contributed by atoms with E-state index in [9.17, 15) is 4.79 Å². The predicted molar refractivity (Wildman–Crippen MR) is 103 cm³/mol. The molecule has 1 aromatic carbocycles. The van der Waals surface area contributed by atoms with Crippen molar-refractivity contribution in [1.82, 2.24) is 14.9 Å². The van der Waals surface area contributed by atoms with E-state index in [1.807, 2.05) is 35.2 Å². The number of aromatic nitrogens is 2. The fourth-order valence-corrected chi connectivity index (χ4v) is 3.53. The number of benzene rings is 1. The number of nitrogens with one attached hydrogen (secondary N) is 1. The molecule has 4 rings (SSSR count). The number of rotatable bonds is 4. The minimum atomic E-state index is -0.0515. The van der Waals surface area contributed by atoms with Gasteiger partial charge in [0.15, 0.2) is 5.76 Å². The van der Waals surface area contributed by atoms with Crippen molar-refractivity contribution >= 4 is 38.8 Å². The summed E-state index contributed by atoms with van der Waals surface area (Å²) in [5, 5.41) is 4.19. The number of amides is 1. The Bertz CT molecular complexity index is 876. The second kappa shape index (κ2) is 7.45. The molecule has 26 heavy (non-hydrogen) atoms. The lowest BCUT2D eigenvalue weighted by atomic mass is 10.0. The van der Waals surface area contributed by atoms with Crippen molar-refractivity contribution in [3.63, 3.8) is 0 Å². The number of para-hydroxylation sites is 1. The molecule has 3 heterocycles. The number of hydrogen-bond acceptors (Lipinski definition) is 5. The minimum absolute atomic E-state index is 0.0515. The Morgan fingerprint density at radius 2 is 2.08 bits per heavy atom. The molecule has 2 aromatic heterocycles. The Hall–Kier alpha value is -2.41. The molecule has 1 N–H and O–H groups in total. The maximum absolute atomic E-state index is 13.0. The highest BCUT2D eigenvalue weighted by Crippen LogP contribution is 2.24. The van der Waals surface area contributed by atoms with Gasteiger partial charge in [-0.15, -0.1) is 0 Å². The summed E-state index contributed by atoms with van der Waals surface area (Å²) in [4.78, 5) is 23.4. The van der Waals surface area contributed by atoms with Crippen LogP contribution in [-0.4, -0.2) is 39.9 Å². The molecule has 0 unspecified atom stereocenters. The fraction of sp³-hybridized carbons (Fsp3) is 0.316. The first-order valence-corrected chi connectivity index (χ1v) is 9.51. The third-order valence-electron chi connectivity index (χ3n) is 4.64. The van der Waals surface area contributed by atoms with Crippen molar-refractivity contribution < 1.29 is 9.21 Å². The van der Waals surface area contributed by atoms with Crippen molar-refractivity contribution in [2.24, 2.45) is 0 Å². The third kappa shape index (κ3) is 3.58. The van der Waals surface area contributed by atoms with Gasteiger partial charge in [0.25, 0.3) is 5.91 Å². The summed E-state index contributed by atoms with van der Waals surface area (Å²) in [7, 11) is 0. The van der Waals surface area contributed by atoms with Crippen LogP contribution >= 0.6 is 15.9 Å². The average molecular weight is 415 g/mol. The van der Waals surface area contributed by atoms with Gasteiger partial charge in [0, 0.05) is 36.9 Å². The number of fused-ring (bicyclic) bond motifs is 1. The SMILES string of the molecule is O=C(c1cc2ccccc2o1)N1CCCC[C@H]1CNc1ncc(Br)cn1. The summed E-state index contributed by atoms with van der Waals surface area (Å²) in [6.07, 6.45) is 6.48. The van der Waals surface area contributed by atoms with E-state index in [0.29, 0.717) is 18.3 Å². The van der Waals surface area contributed by atoms with Gasteiger partial charge in [-0.1, -0.05) is 18.2 Å². The highest BCUT2D eigenvalue weighted by Gasteiger charge is 2.29. The summed E-state index contributed by atoms with van der Waals surface area (Å²) >= 11 is 3.33. The largest absolute Gasteiger partial charge is 0.451 e. The highest BCUT2D eigenvalue weighted by molar-refractivity contribution is 9.10. The molecular weight excluding hydrogens is 396 g/mol. The van der Waals surface area contributed by atoms with Crippen LogP contribution in [0.4, 0.5) is 5.95 Å². The smallest absolute Gasteiger partial charge is 0.289 e. The second-order valence-electron chi connectivity index (χ2n) is 6.40. The molecule has 0 saturated carbocycles. The Morgan fingerprint density at radius 1 is 1.27 bits per heavy atom. The number of hydrogen-bond donors (Lipinski definition) is 1. The van der Waals surface area contributed by atoms with Crippen LogP contribution in [0.2, 0.25) is 0 Å². The predicted octanol–water partition coefficient (Wildman–Crippen LogP) is 4.09. The lowest BCUT2D eigenvalue weighted by molar-refractivity contribution is 0.0598. The summed E-state index contributed by atoms with van der Waals surface area (Å²) in [5.74, 6) is 0.914. The van der Waals surface area contributed by atoms with E-state index in [-0.39, 0.29) is 11.9 Å². The monoisotopic (exact) mass is 414 g/mol. The van der Waals surface area contributed by atoms with Crippen molar-refractivity contribution in [1.29, 1.82) is 0 Å². The van der Waals surface area contributed by atoms with Crippen LogP contribution in [-0.2, 0) is 0 Å². The average Bonchev–Trinajstić information content (AvgIpc) is 3.11. The zero-order valence-corrected chi connectivity index (χ0v) is 15.8. The molecule has 0 aliphatic carbocycles. The Morgan fingerprint density at radius 3 is 2.88 bits per heavy atom. The van der Waals surface area contributed by atoms with Gasteiger partial charge in [0.2, 0.25) is 5.95 Å². The lowest BCUT2D eigenvalue weighted by Gasteiger charge is -2.35. The summed E-state index contributed by atoms with van der Waals surface area (Å²) in [6.45, 7) is 1.36. The maximum Gasteiger partial charge on any atom is 0.289 e. The molecule has 0 radical (unpaired) electrons. The van der Waals surface area contributed by atoms with Gasteiger partial charge in [-0.25, -0.2) is 9.97 Å².